The van der Waals surface area contributed by atoms with E-state index in [4.69, 9.17) is 4.74 Å². The van der Waals surface area contributed by atoms with Gasteiger partial charge < -0.3 is 15.2 Å². The second-order valence-electron chi connectivity index (χ2n) is 10.4. The molecule has 2 N–H and O–H groups in total. The average molecular weight is 479 g/mol. The number of carbonyl (C=O) groups is 1. The largest absolute Gasteiger partial charge is 0.507 e. The number of hydrogen-bond acceptors (Lipinski definition) is 5. The van der Waals surface area contributed by atoms with E-state index in [-0.39, 0.29) is 29.2 Å². The summed E-state index contributed by atoms with van der Waals surface area (Å²) in [5, 5.41) is 17.0. The topological polar surface area (TPSA) is 70.9 Å². The number of thiophene rings is 1. The van der Waals surface area contributed by atoms with Gasteiger partial charge in [0, 0.05) is 23.2 Å². The Morgan fingerprint density at radius 3 is 2.29 bits per heavy atom. The molecule has 0 aliphatic rings. The van der Waals surface area contributed by atoms with Crippen LogP contribution in [0.15, 0.2) is 58.9 Å². The van der Waals surface area contributed by atoms with Crippen LogP contribution in [0.25, 0.3) is 0 Å². The number of nitrogens with one attached hydrogen (secondary N) is 1. The van der Waals surface area contributed by atoms with Gasteiger partial charge in [-0.15, -0.1) is 11.3 Å². The Morgan fingerprint density at radius 2 is 1.71 bits per heavy atom. The molecule has 3 rings (SSSR count). The van der Waals surface area contributed by atoms with Crippen LogP contribution in [0.5, 0.6) is 5.75 Å². The molecular formula is C28H34N2O3S. The molecule has 1 heterocycles. The Labute approximate surface area is 206 Å². The Kier molecular flexibility index (Phi) is 7.82. The number of aromatic hydroxyl groups is 1. The number of carbonyl (C=O) groups excluding carboxylic acids is 1. The smallest absolute Gasteiger partial charge is 0.338 e. The van der Waals surface area contributed by atoms with Crippen LogP contribution in [-0.4, -0.2) is 24.0 Å². The number of esters is 1. The highest BCUT2D eigenvalue weighted by atomic mass is 32.1. The summed E-state index contributed by atoms with van der Waals surface area (Å²) in [5.74, 6) is -0.128. The van der Waals surface area contributed by atoms with E-state index in [0.717, 1.165) is 27.4 Å². The third kappa shape index (κ3) is 6.70. The van der Waals surface area contributed by atoms with Crippen LogP contribution in [-0.2, 0) is 22.0 Å². The quantitative estimate of drug-likeness (QED) is 0.214. The lowest BCUT2D eigenvalue weighted by molar-refractivity contribution is 0.0509. The van der Waals surface area contributed by atoms with Crippen molar-refractivity contribution < 1.29 is 14.6 Å². The van der Waals surface area contributed by atoms with Gasteiger partial charge in [-0.05, 0) is 58.2 Å². The molecule has 0 amide bonds. The van der Waals surface area contributed by atoms with Crippen LogP contribution in [0.3, 0.4) is 0 Å². The molecule has 0 aliphatic carbocycles. The summed E-state index contributed by atoms with van der Waals surface area (Å²) in [5.41, 5.74) is 3.32. The summed E-state index contributed by atoms with van der Waals surface area (Å²) in [4.78, 5) is 17.3. The van der Waals surface area contributed by atoms with Gasteiger partial charge in [-0.3, -0.25) is 0 Å². The summed E-state index contributed by atoms with van der Waals surface area (Å²) in [6, 6.07) is 15.4. The van der Waals surface area contributed by atoms with E-state index in [1.807, 2.05) is 83.3 Å². The van der Waals surface area contributed by atoms with Crippen LogP contribution >= 0.6 is 11.3 Å². The molecule has 2 aromatic carbocycles. The summed E-state index contributed by atoms with van der Waals surface area (Å²) >= 11 is 1.58. The molecule has 0 saturated carbocycles. The Morgan fingerprint density at radius 1 is 1.03 bits per heavy atom. The normalized spacial score (nSPS) is 12.2. The van der Waals surface area contributed by atoms with E-state index in [9.17, 15) is 9.90 Å². The number of rotatable bonds is 7. The lowest BCUT2D eigenvalue weighted by Crippen LogP contribution is -2.19. The Hall–Kier alpha value is -3.12. The van der Waals surface area contributed by atoms with Gasteiger partial charge in [0.1, 0.15) is 10.8 Å². The number of phenolic OH excluding ortho intramolecular Hbond substituents is 1. The van der Waals surface area contributed by atoms with Gasteiger partial charge >= 0.3 is 5.97 Å². The standard InChI is InChI=1S/C28H34N2O3S/c1-27(2,3)22-16-20(17-23(25(22)31)28(4,5)6)26(32)33-13-12-19-9-7-10-21(15-19)29-18-30-24-11-8-14-34-24/h7-11,14-18,31H,12-13H2,1-6H3,(H,29,30). The molecule has 5 nitrogen and oxygen atoms in total. The molecule has 0 spiro atoms. The molecular weight excluding hydrogens is 444 g/mol. The Bertz CT molecular complexity index is 1120. The molecule has 6 heteroatoms. The van der Waals surface area contributed by atoms with Crippen molar-refractivity contribution in [1.29, 1.82) is 0 Å². The molecule has 0 atom stereocenters. The van der Waals surface area contributed by atoms with Crippen molar-refractivity contribution in [2.75, 3.05) is 11.9 Å². The first-order chi connectivity index (χ1) is 15.9. The predicted molar refractivity (Wildman–Crippen MR) is 142 cm³/mol. The maximum absolute atomic E-state index is 12.9. The Balaban J connectivity index is 1.66. The van der Waals surface area contributed by atoms with Gasteiger partial charge in [-0.2, -0.15) is 0 Å². The lowest BCUT2D eigenvalue weighted by atomic mass is 9.78. The van der Waals surface area contributed by atoms with E-state index in [1.165, 1.54) is 0 Å². The average Bonchev–Trinajstić information content (AvgIpc) is 3.26. The highest BCUT2D eigenvalue weighted by molar-refractivity contribution is 7.13. The molecule has 34 heavy (non-hydrogen) atoms. The minimum atomic E-state index is -0.381. The number of ether oxygens (including phenoxy) is 1. The number of aliphatic imine (C=N–C) groups is 1. The van der Waals surface area contributed by atoms with Gasteiger partial charge in [0.05, 0.1) is 18.5 Å². The zero-order chi connectivity index (χ0) is 24.9. The number of benzene rings is 2. The minimum absolute atomic E-state index is 0.253. The SMILES string of the molecule is CC(C)(C)c1cc(C(=O)OCCc2cccc(N/C=N/c3cccs3)c2)cc(C(C)(C)C)c1O. The molecule has 0 bridgehead atoms. The number of nitrogens with zero attached hydrogens (tertiary/aromatic N) is 1. The van der Waals surface area contributed by atoms with E-state index in [2.05, 4.69) is 10.3 Å². The number of hydrogen-bond donors (Lipinski definition) is 2. The second kappa shape index (κ2) is 10.4. The zero-order valence-electron chi connectivity index (χ0n) is 20.8. The first-order valence-electron chi connectivity index (χ1n) is 11.4. The molecule has 1 aromatic heterocycles. The maximum atomic E-state index is 12.9. The summed E-state index contributed by atoms with van der Waals surface area (Å²) in [6.07, 6.45) is 2.27. The van der Waals surface area contributed by atoms with Crippen LogP contribution in [0.4, 0.5) is 10.7 Å². The maximum Gasteiger partial charge on any atom is 0.338 e. The van der Waals surface area contributed by atoms with Crippen LogP contribution in [0, 0.1) is 0 Å². The molecule has 0 aliphatic heterocycles. The fraction of sp³-hybridized carbons (Fsp3) is 0.357. The van der Waals surface area contributed by atoms with Crippen LogP contribution < -0.4 is 5.32 Å². The number of phenols is 1. The van der Waals surface area contributed by atoms with E-state index in [1.54, 1.807) is 29.8 Å². The van der Waals surface area contributed by atoms with E-state index < -0.39 is 0 Å². The van der Waals surface area contributed by atoms with Crippen LogP contribution in [0.2, 0.25) is 0 Å². The molecule has 3 aromatic rings. The fourth-order valence-corrected chi connectivity index (χ4v) is 4.14. The summed E-state index contributed by atoms with van der Waals surface area (Å²) < 4.78 is 5.61. The van der Waals surface area contributed by atoms with Gasteiger partial charge in [0.2, 0.25) is 0 Å². The first kappa shape index (κ1) is 25.5. The summed E-state index contributed by atoms with van der Waals surface area (Å²) in [7, 11) is 0. The van der Waals surface area contributed by atoms with Gasteiger partial charge in [0.25, 0.3) is 0 Å². The number of anilines is 1. The van der Waals surface area contributed by atoms with Gasteiger partial charge in [-0.25, -0.2) is 9.79 Å². The van der Waals surface area contributed by atoms with Crippen molar-refractivity contribution >= 4 is 34.3 Å². The van der Waals surface area contributed by atoms with E-state index >= 15 is 0 Å². The van der Waals surface area contributed by atoms with Crippen molar-refractivity contribution in [3.8, 4) is 5.75 Å². The molecule has 0 fully saturated rings. The first-order valence-corrected chi connectivity index (χ1v) is 12.3. The van der Waals surface area contributed by atoms with Crippen molar-refractivity contribution in [2.24, 2.45) is 4.99 Å². The van der Waals surface area contributed by atoms with Crippen molar-refractivity contribution in [1.82, 2.24) is 0 Å². The van der Waals surface area contributed by atoms with Crippen molar-refractivity contribution in [3.05, 3.63) is 76.2 Å². The van der Waals surface area contributed by atoms with E-state index in [0.29, 0.717) is 12.0 Å². The van der Waals surface area contributed by atoms with Crippen LogP contribution in [0.1, 0.15) is 68.6 Å². The minimum Gasteiger partial charge on any atom is -0.507 e. The molecule has 0 saturated heterocycles. The van der Waals surface area contributed by atoms with Crippen molar-refractivity contribution in [3.63, 3.8) is 0 Å². The highest BCUT2D eigenvalue weighted by Crippen LogP contribution is 2.39. The zero-order valence-corrected chi connectivity index (χ0v) is 21.6. The van der Waals surface area contributed by atoms with Gasteiger partial charge in [0.15, 0.2) is 0 Å². The van der Waals surface area contributed by atoms with Crippen molar-refractivity contribution in [2.45, 2.75) is 58.8 Å². The molecule has 180 valence electrons. The molecule has 0 unspecified atom stereocenters. The van der Waals surface area contributed by atoms with Gasteiger partial charge in [-0.1, -0.05) is 53.7 Å². The second-order valence-corrected chi connectivity index (χ2v) is 11.3. The predicted octanol–water partition coefficient (Wildman–Crippen LogP) is 7.22. The third-order valence-electron chi connectivity index (χ3n) is 5.44. The monoisotopic (exact) mass is 478 g/mol. The fourth-order valence-electron chi connectivity index (χ4n) is 3.57. The summed E-state index contributed by atoms with van der Waals surface area (Å²) in [6.45, 7) is 12.4. The third-order valence-corrected chi connectivity index (χ3v) is 6.22. The molecule has 0 radical (unpaired) electrons. The lowest BCUT2D eigenvalue weighted by Gasteiger charge is -2.28. The highest BCUT2D eigenvalue weighted by Gasteiger charge is 2.28.